The Bertz CT molecular complexity index is 643. The SMILES string of the molecule is Cc1c(C)c(C)c(-c2ccc(CN)c(F)c2)c(C)c1C. The van der Waals surface area contributed by atoms with Crippen LogP contribution in [-0.2, 0) is 6.54 Å². The average molecular weight is 271 g/mol. The summed E-state index contributed by atoms with van der Waals surface area (Å²) in [6.07, 6.45) is 0. The first-order valence-electron chi connectivity index (χ1n) is 6.94. The second-order valence-corrected chi connectivity index (χ2v) is 5.51. The summed E-state index contributed by atoms with van der Waals surface area (Å²) in [7, 11) is 0. The number of hydrogen-bond donors (Lipinski definition) is 1. The van der Waals surface area contributed by atoms with Crippen LogP contribution in [0, 0.1) is 40.4 Å². The average Bonchev–Trinajstić information content (AvgIpc) is 2.43. The molecule has 0 fully saturated rings. The van der Waals surface area contributed by atoms with E-state index in [1.54, 1.807) is 12.1 Å². The van der Waals surface area contributed by atoms with Crippen LogP contribution in [0.25, 0.3) is 11.1 Å². The molecule has 2 N–H and O–H groups in total. The molecule has 0 spiro atoms. The van der Waals surface area contributed by atoms with Crippen LogP contribution < -0.4 is 5.73 Å². The van der Waals surface area contributed by atoms with E-state index in [0.29, 0.717) is 5.56 Å². The second kappa shape index (κ2) is 5.37. The zero-order valence-corrected chi connectivity index (χ0v) is 12.9. The molecule has 0 saturated heterocycles. The fraction of sp³-hybridized carbons (Fsp3) is 0.333. The van der Waals surface area contributed by atoms with Crippen molar-refractivity contribution in [3.8, 4) is 11.1 Å². The number of nitrogens with two attached hydrogens (primary N) is 1. The van der Waals surface area contributed by atoms with Gasteiger partial charge in [-0.1, -0.05) is 12.1 Å². The van der Waals surface area contributed by atoms with E-state index in [9.17, 15) is 4.39 Å². The lowest BCUT2D eigenvalue weighted by Crippen LogP contribution is -2.02. The van der Waals surface area contributed by atoms with E-state index in [2.05, 4.69) is 34.6 Å². The Kier molecular flexibility index (Phi) is 3.96. The van der Waals surface area contributed by atoms with Crippen molar-refractivity contribution in [1.29, 1.82) is 0 Å². The Balaban J connectivity index is 2.73. The number of rotatable bonds is 2. The number of halogens is 1. The van der Waals surface area contributed by atoms with E-state index in [4.69, 9.17) is 5.73 Å². The number of hydrogen-bond acceptors (Lipinski definition) is 1. The van der Waals surface area contributed by atoms with Gasteiger partial charge in [0, 0.05) is 12.1 Å². The Hall–Kier alpha value is -1.67. The van der Waals surface area contributed by atoms with E-state index in [-0.39, 0.29) is 12.4 Å². The summed E-state index contributed by atoms with van der Waals surface area (Å²) in [6, 6.07) is 5.36. The van der Waals surface area contributed by atoms with Crippen LogP contribution in [0.4, 0.5) is 4.39 Å². The van der Waals surface area contributed by atoms with E-state index in [1.807, 2.05) is 6.07 Å². The lowest BCUT2D eigenvalue weighted by molar-refractivity contribution is 0.611. The van der Waals surface area contributed by atoms with Gasteiger partial charge < -0.3 is 5.73 Å². The van der Waals surface area contributed by atoms with Gasteiger partial charge in [-0.2, -0.15) is 0 Å². The molecule has 0 aliphatic rings. The summed E-state index contributed by atoms with van der Waals surface area (Å²) >= 11 is 0. The maximum absolute atomic E-state index is 14.0. The minimum atomic E-state index is -0.223. The maximum Gasteiger partial charge on any atom is 0.128 e. The molecular weight excluding hydrogens is 249 g/mol. The summed E-state index contributed by atoms with van der Waals surface area (Å²) in [5.41, 5.74) is 14.5. The Morgan fingerprint density at radius 3 is 1.80 bits per heavy atom. The third-order valence-corrected chi connectivity index (χ3v) is 4.56. The lowest BCUT2D eigenvalue weighted by Gasteiger charge is -2.19. The highest BCUT2D eigenvalue weighted by Crippen LogP contribution is 2.34. The zero-order chi connectivity index (χ0) is 15.0. The first-order chi connectivity index (χ1) is 9.38. The molecule has 1 nitrogen and oxygen atoms in total. The Morgan fingerprint density at radius 2 is 1.35 bits per heavy atom. The van der Waals surface area contributed by atoms with Gasteiger partial charge >= 0.3 is 0 Å². The molecule has 0 bridgehead atoms. The van der Waals surface area contributed by atoms with Crippen LogP contribution in [0.1, 0.15) is 33.4 Å². The second-order valence-electron chi connectivity index (χ2n) is 5.51. The third kappa shape index (κ3) is 2.25. The van der Waals surface area contributed by atoms with E-state index < -0.39 is 0 Å². The fourth-order valence-electron chi connectivity index (χ4n) is 2.80. The predicted octanol–water partition coefficient (Wildman–Crippen LogP) is 4.49. The fourth-order valence-corrected chi connectivity index (χ4v) is 2.80. The highest BCUT2D eigenvalue weighted by molar-refractivity contribution is 5.74. The molecule has 0 aromatic heterocycles. The predicted molar refractivity (Wildman–Crippen MR) is 83.4 cm³/mol. The Labute approximate surface area is 120 Å². The highest BCUT2D eigenvalue weighted by Gasteiger charge is 2.14. The van der Waals surface area contributed by atoms with Crippen molar-refractivity contribution in [1.82, 2.24) is 0 Å². The van der Waals surface area contributed by atoms with Crippen LogP contribution in [0.5, 0.6) is 0 Å². The van der Waals surface area contributed by atoms with Gasteiger partial charge in [-0.3, -0.25) is 0 Å². The van der Waals surface area contributed by atoms with Gasteiger partial charge in [0.05, 0.1) is 0 Å². The molecule has 0 aliphatic heterocycles. The molecule has 0 heterocycles. The molecule has 2 aromatic rings. The molecule has 2 heteroatoms. The third-order valence-electron chi connectivity index (χ3n) is 4.56. The van der Waals surface area contributed by atoms with Crippen molar-refractivity contribution in [2.75, 3.05) is 0 Å². The van der Waals surface area contributed by atoms with Crippen molar-refractivity contribution in [3.63, 3.8) is 0 Å². The molecule has 0 unspecified atom stereocenters. The summed E-state index contributed by atoms with van der Waals surface area (Å²) in [6.45, 7) is 10.9. The van der Waals surface area contributed by atoms with Gasteiger partial charge in [-0.15, -0.1) is 0 Å². The molecule has 0 amide bonds. The molecule has 20 heavy (non-hydrogen) atoms. The normalized spacial score (nSPS) is 10.9. The summed E-state index contributed by atoms with van der Waals surface area (Å²) in [5.74, 6) is -0.223. The van der Waals surface area contributed by atoms with Crippen molar-refractivity contribution < 1.29 is 4.39 Å². The van der Waals surface area contributed by atoms with Crippen molar-refractivity contribution >= 4 is 0 Å². The van der Waals surface area contributed by atoms with E-state index in [0.717, 1.165) is 11.1 Å². The molecule has 2 aromatic carbocycles. The smallest absolute Gasteiger partial charge is 0.128 e. The minimum Gasteiger partial charge on any atom is -0.326 e. The first-order valence-corrected chi connectivity index (χ1v) is 6.94. The van der Waals surface area contributed by atoms with E-state index >= 15 is 0 Å². The van der Waals surface area contributed by atoms with Gasteiger partial charge in [0.25, 0.3) is 0 Å². The molecule has 0 aliphatic carbocycles. The van der Waals surface area contributed by atoms with Gasteiger partial charge in [-0.05, 0) is 79.6 Å². The molecule has 0 saturated carbocycles. The van der Waals surface area contributed by atoms with Crippen molar-refractivity contribution in [2.45, 2.75) is 41.2 Å². The van der Waals surface area contributed by atoms with Gasteiger partial charge in [0.1, 0.15) is 5.82 Å². The van der Waals surface area contributed by atoms with Crippen LogP contribution in [0.3, 0.4) is 0 Å². The standard InChI is InChI=1S/C18H22FN/c1-10-11(2)13(4)18(14(5)12(10)3)15-6-7-16(9-20)17(19)8-15/h6-8H,9,20H2,1-5H3. The summed E-state index contributed by atoms with van der Waals surface area (Å²) < 4.78 is 14.0. The van der Waals surface area contributed by atoms with Gasteiger partial charge in [0.2, 0.25) is 0 Å². The van der Waals surface area contributed by atoms with Crippen LogP contribution in [0.2, 0.25) is 0 Å². The van der Waals surface area contributed by atoms with Crippen LogP contribution in [0.15, 0.2) is 18.2 Å². The Morgan fingerprint density at radius 1 is 0.850 bits per heavy atom. The lowest BCUT2D eigenvalue weighted by atomic mass is 9.86. The topological polar surface area (TPSA) is 26.0 Å². The van der Waals surface area contributed by atoms with Crippen molar-refractivity contribution in [3.05, 3.63) is 57.4 Å². The molecule has 2 rings (SSSR count). The van der Waals surface area contributed by atoms with E-state index in [1.165, 1.54) is 27.8 Å². The van der Waals surface area contributed by atoms with Gasteiger partial charge in [0.15, 0.2) is 0 Å². The first kappa shape index (κ1) is 14.7. The summed E-state index contributed by atoms with van der Waals surface area (Å²) in [5, 5.41) is 0. The molecule has 0 radical (unpaired) electrons. The van der Waals surface area contributed by atoms with Crippen molar-refractivity contribution in [2.24, 2.45) is 5.73 Å². The zero-order valence-electron chi connectivity index (χ0n) is 12.9. The largest absolute Gasteiger partial charge is 0.326 e. The van der Waals surface area contributed by atoms with Crippen LogP contribution in [-0.4, -0.2) is 0 Å². The van der Waals surface area contributed by atoms with Crippen LogP contribution >= 0.6 is 0 Å². The summed E-state index contributed by atoms with van der Waals surface area (Å²) in [4.78, 5) is 0. The quantitative estimate of drug-likeness (QED) is 0.855. The monoisotopic (exact) mass is 271 g/mol. The molecular formula is C18H22FN. The van der Waals surface area contributed by atoms with Gasteiger partial charge in [-0.25, -0.2) is 4.39 Å². The molecule has 106 valence electrons. The number of benzene rings is 2. The maximum atomic E-state index is 14.0. The minimum absolute atomic E-state index is 0.223. The molecule has 0 atom stereocenters. The highest BCUT2D eigenvalue weighted by atomic mass is 19.1.